The van der Waals surface area contributed by atoms with E-state index in [1.54, 1.807) is 0 Å². The zero-order chi connectivity index (χ0) is 18.4. The second kappa shape index (κ2) is 6.65. The van der Waals surface area contributed by atoms with Crippen LogP contribution in [0.2, 0.25) is 0 Å². The molecule has 1 aromatic carbocycles. The summed E-state index contributed by atoms with van der Waals surface area (Å²) in [7, 11) is 0. The van der Waals surface area contributed by atoms with Crippen LogP contribution < -0.4 is 5.32 Å². The second-order valence-corrected chi connectivity index (χ2v) is 9.66. The Morgan fingerprint density at radius 3 is 2.30 bits per heavy atom. The van der Waals surface area contributed by atoms with Gasteiger partial charge in [-0.1, -0.05) is 30.3 Å². The quantitative estimate of drug-likeness (QED) is 0.870. The van der Waals surface area contributed by atoms with Crippen LogP contribution in [0.5, 0.6) is 0 Å². The summed E-state index contributed by atoms with van der Waals surface area (Å²) >= 11 is 0. The summed E-state index contributed by atoms with van der Waals surface area (Å²) in [6.45, 7) is 1.30. The van der Waals surface area contributed by atoms with Crippen molar-refractivity contribution in [3.05, 3.63) is 35.9 Å². The summed E-state index contributed by atoms with van der Waals surface area (Å²) in [5, 5.41) is 3.46. The van der Waals surface area contributed by atoms with Gasteiger partial charge < -0.3 is 10.2 Å². The zero-order valence-corrected chi connectivity index (χ0v) is 16.0. The number of amides is 2. The van der Waals surface area contributed by atoms with Crippen LogP contribution in [0.15, 0.2) is 30.3 Å². The highest BCUT2D eigenvalue weighted by Crippen LogP contribution is 2.55. The molecule has 1 saturated heterocycles. The van der Waals surface area contributed by atoms with Crippen molar-refractivity contribution < 1.29 is 9.59 Å². The number of carbonyl (C=O) groups excluding carboxylic acids is 2. The molecular weight excluding hydrogens is 336 g/mol. The van der Waals surface area contributed by atoms with Gasteiger partial charge in [-0.25, -0.2) is 0 Å². The van der Waals surface area contributed by atoms with Gasteiger partial charge in [-0.3, -0.25) is 9.59 Å². The lowest BCUT2D eigenvalue weighted by Crippen LogP contribution is -2.60. The van der Waals surface area contributed by atoms with E-state index in [-0.39, 0.29) is 23.3 Å². The Hall–Kier alpha value is -1.84. The fraction of sp³-hybridized carbons (Fsp3) is 0.652. The maximum absolute atomic E-state index is 13.0. The van der Waals surface area contributed by atoms with Gasteiger partial charge in [0.2, 0.25) is 11.8 Å². The molecule has 0 spiro atoms. The molecule has 1 N–H and O–H groups in total. The zero-order valence-electron chi connectivity index (χ0n) is 16.0. The molecule has 1 atom stereocenters. The van der Waals surface area contributed by atoms with Gasteiger partial charge in [0, 0.05) is 25.0 Å². The van der Waals surface area contributed by atoms with Crippen LogP contribution in [0.25, 0.3) is 0 Å². The van der Waals surface area contributed by atoms with E-state index >= 15 is 0 Å². The number of carbonyl (C=O) groups is 2. The molecule has 4 aliphatic carbocycles. The highest BCUT2D eigenvalue weighted by Gasteiger charge is 2.52. The number of hydrogen-bond acceptors (Lipinski definition) is 2. The summed E-state index contributed by atoms with van der Waals surface area (Å²) in [5.74, 6) is 2.57. The molecule has 1 aliphatic heterocycles. The first-order valence-corrected chi connectivity index (χ1v) is 10.7. The molecule has 27 heavy (non-hydrogen) atoms. The highest BCUT2D eigenvalue weighted by molar-refractivity contribution is 5.89. The van der Waals surface area contributed by atoms with Gasteiger partial charge >= 0.3 is 0 Å². The van der Waals surface area contributed by atoms with Crippen molar-refractivity contribution >= 4 is 11.8 Å². The topological polar surface area (TPSA) is 49.4 Å². The van der Waals surface area contributed by atoms with Crippen LogP contribution in [0.4, 0.5) is 0 Å². The summed E-state index contributed by atoms with van der Waals surface area (Å²) in [5.41, 5.74) is 1.29. The minimum Gasteiger partial charge on any atom is -0.350 e. The highest BCUT2D eigenvalue weighted by atomic mass is 16.2. The summed E-state index contributed by atoms with van der Waals surface area (Å²) in [4.78, 5) is 27.3. The Balaban J connectivity index is 1.18. The normalized spacial score (nSPS) is 37.0. The van der Waals surface area contributed by atoms with Crippen molar-refractivity contribution in [3.8, 4) is 0 Å². The van der Waals surface area contributed by atoms with Crippen molar-refractivity contribution in [1.82, 2.24) is 10.2 Å². The Bertz CT molecular complexity index is 694. The first kappa shape index (κ1) is 17.3. The second-order valence-electron chi connectivity index (χ2n) is 9.66. The van der Waals surface area contributed by atoms with E-state index in [0.29, 0.717) is 19.5 Å². The molecule has 4 bridgehead atoms. The molecule has 4 heteroatoms. The van der Waals surface area contributed by atoms with E-state index in [4.69, 9.17) is 0 Å². The van der Waals surface area contributed by atoms with E-state index in [1.165, 1.54) is 44.1 Å². The smallest absolute Gasteiger partial charge is 0.225 e. The molecule has 0 aromatic heterocycles. The lowest BCUT2D eigenvalue weighted by Gasteiger charge is -2.57. The van der Waals surface area contributed by atoms with Crippen LogP contribution in [-0.2, 0) is 16.0 Å². The molecule has 1 aromatic rings. The molecule has 144 valence electrons. The molecule has 5 fully saturated rings. The largest absolute Gasteiger partial charge is 0.350 e. The van der Waals surface area contributed by atoms with E-state index in [0.717, 1.165) is 24.2 Å². The predicted molar refractivity (Wildman–Crippen MR) is 104 cm³/mol. The van der Waals surface area contributed by atoms with Crippen molar-refractivity contribution in [2.75, 3.05) is 13.1 Å². The first-order valence-electron chi connectivity index (χ1n) is 10.7. The number of nitrogens with one attached hydrogen (secondary N) is 1. The predicted octanol–water partition coefficient (Wildman–Crippen LogP) is 3.16. The third-order valence-electron chi connectivity index (χ3n) is 7.53. The van der Waals surface area contributed by atoms with E-state index in [9.17, 15) is 9.59 Å². The molecule has 0 radical (unpaired) electrons. The van der Waals surface area contributed by atoms with Gasteiger partial charge in [0.25, 0.3) is 0 Å². The fourth-order valence-electron chi connectivity index (χ4n) is 6.70. The first-order chi connectivity index (χ1) is 13.1. The number of likely N-dealkylation sites (tertiary alicyclic amines) is 1. The summed E-state index contributed by atoms with van der Waals surface area (Å²) in [6.07, 6.45) is 8.89. The average molecular weight is 367 g/mol. The summed E-state index contributed by atoms with van der Waals surface area (Å²) in [6, 6.07) is 10.3. The van der Waals surface area contributed by atoms with Gasteiger partial charge in [-0.15, -0.1) is 0 Å². The Morgan fingerprint density at radius 2 is 1.67 bits per heavy atom. The Kier molecular flexibility index (Phi) is 4.25. The third kappa shape index (κ3) is 3.39. The number of hydrogen-bond donors (Lipinski definition) is 1. The number of nitrogens with zero attached hydrogens (tertiary/aromatic N) is 1. The monoisotopic (exact) mass is 366 g/mol. The standard InChI is InChI=1S/C23H30N2O2/c26-21-11-20(15-25(21)7-6-16-4-2-1-3-5-16)22(27)24-23-12-17-8-18(13-23)10-19(9-17)14-23/h1-5,17-20H,6-15H2,(H,24,27). The van der Waals surface area contributed by atoms with Crippen molar-refractivity contribution in [2.24, 2.45) is 23.7 Å². The molecule has 4 nitrogen and oxygen atoms in total. The number of rotatable bonds is 5. The van der Waals surface area contributed by atoms with E-state index < -0.39 is 0 Å². The summed E-state index contributed by atoms with van der Waals surface area (Å²) < 4.78 is 0. The molecule has 4 saturated carbocycles. The molecular formula is C23H30N2O2. The van der Waals surface area contributed by atoms with Crippen LogP contribution in [0, 0.1) is 23.7 Å². The Morgan fingerprint density at radius 1 is 1.04 bits per heavy atom. The minimum absolute atomic E-state index is 0.0480. The van der Waals surface area contributed by atoms with Gasteiger partial charge in [0.1, 0.15) is 0 Å². The molecule has 2 amide bonds. The number of benzene rings is 1. The van der Waals surface area contributed by atoms with Gasteiger partial charge in [-0.2, -0.15) is 0 Å². The molecule has 1 unspecified atom stereocenters. The van der Waals surface area contributed by atoms with Crippen molar-refractivity contribution in [1.29, 1.82) is 0 Å². The van der Waals surface area contributed by atoms with E-state index in [1.807, 2.05) is 23.1 Å². The molecule has 1 heterocycles. The average Bonchev–Trinajstić information content (AvgIpc) is 3.00. The Labute approximate surface area is 161 Å². The molecule has 5 aliphatic rings. The van der Waals surface area contributed by atoms with Gasteiger partial charge in [-0.05, 0) is 68.3 Å². The molecule has 6 rings (SSSR count). The van der Waals surface area contributed by atoms with Crippen LogP contribution in [0.3, 0.4) is 0 Å². The van der Waals surface area contributed by atoms with Gasteiger partial charge in [0.05, 0.1) is 5.92 Å². The lowest BCUT2D eigenvalue weighted by atomic mass is 9.53. The van der Waals surface area contributed by atoms with Crippen LogP contribution in [-0.4, -0.2) is 35.3 Å². The minimum atomic E-state index is -0.165. The fourth-order valence-corrected chi connectivity index (χ4v) is 6.70. The van der Waals surface area contributed by atoms with Crippen LogP contribution in [0.1, 0.15) is 50.5 Å². The maximum atomic E-state index is 13.0. The third-order valence-corrected chi connectivity index (χ3v) is 7.53. The van der Waals surface area contributed by atoms with Crippen molar-refractivity contribution in [3.63, 3.8) is 0 Å². The lowest BCUT2D eigenvalue weighted by molar-refractivity contribution is -0.131. The van der Waals surface area contributed by atoms with E-state index in [2.05, 4.69) is 17.4 Å². The SMILES string of the molecule is O=C(NC12CC3CC(CC(C3)C1)C2)C1CC(=O)N(CCc2ccccc2)C1. The van der Waals surface area contributed by atoms with Gasteiger partial charge in [0.15, 0.2) is 0 Å². The van der Waals surface area contributed by atoms with Crippen molar-refractivity contribution in [2.45, 2.75) is 56.9 Å². The van der Waals surface area contributed by atoms with Crippen LogP contribution >= 0.6 is 0 Å². The maximum Gasteiger partial charge on any atom is 0.225 e.